The van der Waals surface area contributed by atoms with E-state index in [1.165, 1.54) is 103 Å². The van der Waals surface area contributed by atoms with Crippen LogP contribution in [0.5, 0.6) is 0 Å². The van der Waals surface area contributed by atoms with Crippen molar-refractivity contribution in [2.24, 2.45) is 0 Å². The highest BCUT2D eigenvalue weighted by atomic mass is 16.6. The second-order valence-corrected chi connectivity index (χ2v) is 18.1. The Morgan fingerprint density at radius 2 is 0.612 bits per heavy atom. The highest BCUT2D eigenvalue weighted by Gasteiger charge is 2.19. The van der Waals surface area contributed by atoms with Gasteiger partial charge in [-0.3, -0.25) is 14.4 Å². The lowest BCUT2D eigenvalue weighted by Crippen LogP contribution is -2.30. The molecule has 0 radical (unpaired) electrons. The Bertz CT molecular complexity index is 1350. The van der Waals surface area contributed by atoms with Crippen molar-refractivity contribution in [3.05, 3.63) is 97.2 Å². The maximum absolute atomic E-state index is 12.8. The Hall–Kier alpha value is -3.67. The molecule has 382 valence electrons. The van der Waals surface area contributed by atoms with Gasteiger partial charge in [0.15, 0.2) is 6.10 Å². The molecule has 0 aromatic rings. The first-order valence-electron chi connectivity index (χ1n) is 27.7. The zero-order chi connectivity index (χ0) is 48.6. The van der Waals surface area contributed by atoms with Crippen LogP contribution in [-0.4, -0.2) is 37.2 Å². The Labute approximate surface area is 413 Å². The molecule has 0 aliphatic carbocycles. The summed E-state index contributed by atoms with van der Waals surface area (Å²) in [6, 6.07) is 0. The minimum atomic E-state index is -0.816. The van der Waals surface area contributed by atoms with Gasteiger partial charge in [-0.1, -0.05) is 221 Å². The van der Waals surface area contributed by atoms with Crippen LogP contribution in [0, 0.1) is 0 Å². The van der Waals surface area contributed by atoms with Crippen molar-refractivity contribution < 1.29 is 28.6 Å². The van der Waals surface area contributed by atoms with Crippen molar-refractivity contribution in [2.75, 3.05) is 13.2 Å². The molecule has 1 atom stereocenters. The molecule has 0 aromatic carbocycles. The first kappa shape index (κ1) is 63.3. The molecule has 0 spiro atoms. The Morgan fingerprint density at radius 1 is 0.313 bits per heavy atom. The summed E-state index contributed by atoms with van der Waals surface area (Å²) in [6.07, 6.45) is 72.6. The molecule has 0 saturated carbocycles. The van der Waals surface area contributed by atoms with E-state index >= 15 is 0 Å². The van der Waals surface area contributed by atoms with E-state index in [1.807, 2.05) is 6.08 Å². The fraction of sp³-hybridized carbons (Fsp3) is 0.689. The molecule has 0 saturated heterocycles. The molecule has 0 aliphatic heterocycles. The van der Waals surface area contributed by atoms with Crippen LogP contribution in [0.1, 0.15) is 252 Å². The minimum Gasteiger partial charge on any atom is -0.462 e. The molecule has 0 fully saturated rings. The van der Waals surface area contributed by atoms with Gasteiger partial charge in [-0.05, 0) is 109 Å². The van der Waals surface area contributed by atoms with Crippen molar-refractivity contribution in [1.29, 1.82) is 0 Å². The molecular formula is C61H102O6. The van der Waals surface area contributed by atoms with Crippen LogP contribution in [0.2, 0.25) is 0 Å². The molecule has 67 heavy (non-hydrogen) atoms. The second-order valence-electron chi connectivity index (χ2n) is 18.1. The van der Waals surface area contributed by atoms with Crippen molar-refractivity contribution in [1.82, 2.24) is 0 Å². The predicted molar refractivity (Wildman–Crippen MR) is 288 cm³/mol. The normalized spacial score (nSPS) is 12.8. The maximum atomic E-state index is 12.8. The maximum Gasteiger partial charge on any atom is 0.306 e. The number of hydrogen-bond acceptors (Lipinski definition) is 6. The van der Waals surface area contributed by atoms with E-state index in [0.717, 1.165) is 103 Å². The SMILES string of the molecule is CCC=CCC=CCC=CCC=CCC=CCC=CCCC(=O)OCC(COC(=O)CCCCCCCC=CCCCCCCCC)OC(=O)CCCCCCCC=CCCCCCCCC. The summed E-state index contributed by atoms with van der Waals surface area (Å²) in [4.78, 5) is 38.1. The molecule has 0 heterocycles. The minimum absolute atomic E-state index is 0.109. The number of allylic oxidation sites excluding steroid dienone is 16. The Morgan fingerprint density at radius 3 is 1.00 bits per heavy atom. The highest BCUT2D eigenvalue weighted by molar-refractivity contribution is 5.71. The van der Waals surface area contributed by atoms with Crippen LogP contribution in [0.25, 0.3) is 0 Å². The third-order valence-electron chi connectivity index (χ3n) is 11.6. The van der Waals surface area contributed by atoms with E-state index in [2.05, 4.69) is 112 Å². The molecule has 6 nitrogen and oxygen atoms in total. The van der Waals surface area contributed by atoms with Gasteiger partial charge >= 0.3 is 17.9 Å². The summed E-state index contributed by atoms with van der Waals surface area (Å²) in [5, 5.41) is 0. The van der Waals surface area contributed by atoms with Crippen molar-refractivity contribution >= 4 is 17.9 Å². The fourth-order valence-electron chi connectivity index (χ4n) is 7.40. The quantitative estimate of drug-likeness (QED) is 0.0262. The van der Waals surface area contributed by atoms with Crippen LogP contribution in [0.3, 0.4) is 0 Å². The van der Waals surface area contributed by atoms with E-state index < -0.39 is 6.10 Å². The van der Waals surface area contributed by atoms with Crippen LogP contribution in [0.15, 0.2) is 97.2 Å². The average molecular weight is 931 g/mol. The summed E-state index contributed by atoms with van der Waals surface area (Å²) in [6.45, 7) is 6.44. The second kappa shape index (κ2) is 54.9. The third kappa shape index (κ3) is 53.2. The van der Waals surface area contributed by atoms with Gasteiger partial charge in [-0.25, -0.2) is 0 Å². The van der Waals surface area contributed by atoms with Gasteiger partial charge in [0.05, 0.1) is 0 Å². The number of esters is 3. The van der Waals surface area contributed by atoms with Gasteiger partial charge in [0.1, 0.15) is 13.2 Å². The third-order valence-corrected chi connectivity index (χ3v) is 11.6. The topological polar surface area (TPSA) is 78.9 Å². The van der Waals surface area contributed by atoms with E-state index in [4.69, 9.17) is 14.2 Å². The number of hydrogen-bond donors (Lipinski definition) is 0. The molecule has 0 amide bonds. The number of carbonyl (C=O) groups is 3. The van der Waals surface area contributed by atoms with Gasteiger partial charge in [0.2, 0.25) is 0 Å². The van der Waals surface area contributed by atoms with Crippen LogP contribution in [-0.2, 0) is 28.6 Å². The zero-order valence-corrected chi connectivity index (χ0v) is 43.6. The first-order valence-corrected chi connectivity index (χ1v) is 27.7. The van der Waals surface area contributed by atoms with Gasteiger partial charge < -0.3 is 14.2 Å². The van der Waals surface area contributed by atoms with Crippen LogP contribution in [0.4, 0.5) is 0 Å². The number of rotatable bonds is 49. The fourth-order valence-corrected chi connectivity index (χ4v) is 7.40. The molecular weight excluding hydrogens is 829 g/mol. The number of unbranched alkanes of at least 4 members (excludes halogenated alkanes) is 22. The lowest BCUT2D eigenvalue weighted by molar-refractivity contribution is -0.166. The lowest BCUT2D eigenvalue weighted by Gasteiger charge is -2.18. The first-order chi connectivity index (χ1) is 33.0. The van der Waals surface area contributed by atoms with E-state index in [-0.39, 0.29) is 37.5 Å². The molecule has 1 unspecified atom stereocenters. The molecule has 0 N–H and O–H groups in total. The lowest BCUT2D eigenvalue weighted by atomic mass is 10.1. The summed E-state index contributed by atoms with van der Waals surface area (Å²) in [5.41, 5.74) is 0. The van der Waals surface area contributed by atoms with E-state index in [1.54, 1.807) is 0 Å². The van der Waals surface area contributed by atoms with Crippen LogP contribution < -0.4 is 0 Å². The van der Waals surface area contributed by atoms with Gasteiger partial charge in [-0.2, -0.15) is 0 Å². The molecule has 0 rings (SSSR count). The molecule has 0 bridgehead atoms. The monoisotopic (exact) mass is 931 g/mol. The van der Waals surface area contributed by atoms with Gasteiger partial charge in [-0.15, -0.1) is 0 Å². The van der Waals surface area contributed by atoms with E-state index in [9.17, 15) is 14.4 Å². The molecule has 6 heteroatoms. The number of ether oxygens (including phenoxy) is 3. The number of carbonyl (C=O) groups excluding carboxylic acids is 3. The highest BCUT2D eigenvalue weighted by Crippen LogP contribution is 2.13. The summed E-state index contributed by atoms with van der Waals surface area (Å²) >= 11 is 0. The summed E-state index contributed by atoms with van der Waals surface area (Å²) in [7, 11) is 0. The Balaban J connectivity index is 4.52. The Kier molecular flexibility index (Phi) is 51.9. The predicted octanol–water partition coefficient (Wildman–Crippen LogP) is 18.5. The summed E-state index contributed by atoms with van der Waals surface area (Å²) < 4.78 is 16.8. The van der Waals surface area contributed by atoms with Crippen molar-refractivity contribution in [3.8, 4) is 0 Å². The average Bonchev–Trinajstić information content (AvgIpc) is 3.33. The standard InChI is InChI=1S/C61H102O6/c1-4-7-10-13-16-19-22-25-28-29-30-31-34-36-39-42-45-48-51-54-60(63)66-57-58(67-61(64)55-52-49-46-43-40-37-33-27-24-21-18-15-12-9-6-3)56-65-59(62)53-50-47-44-41-38-35-32-26-23-20-17-14-11-8-5-2/h7,10,16,19,25-28,30-33,36,39,45,48,58H,4-6,8-9,11-15,17-18,20-24,29,34-35,37-38,40-44,46-47,49-57H2,1-3H3. The van der Waals surface area contributed by atoms with Crippen LogP contribution >= 0.6 is 0 Å². The molecule has 0 aromatic heterocycles. The van der Waals surface area contributed by atoms with E-state index in [0.29, 0.717) is 19.3 Å². The largest absolute Gasteiger partial charge is 0.462 e. The summed E-state index contributed by atoms with van der Waals surface area (Å²) in [5.74, 6) is -1.01. The van der Waals surface area contributed by atoms with Gasteiger partial charge in [0, 0.05) is 19.3 Å². The smallest absolute Gasteiger partial charge is 0.306 e. The van der Waals surface area contributed by atoms with Gasteiger partial charge in [0.25, 0.3) is 0 Å². The zero-order valence-electron chi connectivity index (χ0n) is 43.6. The molecule has 0 aliphatic rings. The van der Waals surface area contributed by atoms with Crippen molar-refractivity contribution in [2.45, 2.75) is 258 Å². The van der Waals surface area contributed by atoms with Crippen molar-refractivity contribution in [3.63, 3.8) is 0 Å².